The first-order valence-corrected chi connectivity index (χ1v) is 11.1. The molecule has 3 aromatic rings. The molecule has 6 nitrogen and oxygen atoms in total. The fourth-order valence-corrected chi connectivity index (χ4v) is 3.96. The third kappa shape index (κ3) is 5.78. The molecule has 0 amide bonds. The van der Waals surface area contributed by atoms with Crippen LogP contribution < -0.4 is 18.9 Å². The molecule has 3 aromatic carbocycles. The molecule has 0 aliphatic carbocycles. The Morgan fingerprint density at radius 3 is 2.36 bits per heavy atom. The minimum Gasteiger partial charge on any atom is -0.497 e. The number of ether oxygens (including phenoxy) is 4. The van der Waals surface area contributed by atoms with Crippen LogP contribution in [0.25, 0.3) is 0 Å². The summed E-state index contributed by atoms with van der Waals surface area (Å²) in [6, 6.07) is 21.3. The van der Waals surface area contributed by atoms with E-state index in [0.29, 0.717) is 13.2 Å². The van der Waals surface area contributed by atoms with Crippen molar-refractivity contribution in [2.45, 2.75) is 25.6 Å². The molecule has 1 heterocycles. The highest BCUT2D eigenvalue weighted by molar-refractivity contribution is 5.41. The second-order valence-electron chi connectivity index (χ2n) is 8.48. The average molecular weight is 450 g/mol. The van der Waals surface area contributed by atoms with E-state index in [1.165, 1.54) is 0 Å². The summed E-state index contributed by atoms with van der Waals surface area (Å²) in [5, 5.41) is 11.1. The fraction of sp³-hybridized carbons (Fsp3) is 0.333. The van der Waals surface area contributed by atoms with Crippen LogP contribution in [0, 0.1) is 0 Å². The summed E-state index contributed by atoms with van der Waals surface area (Å²) in [4.78, 5) is 2.32. The van der Waals surface area contributed by atoms with Crippen molar-refractivity contribution in [2.75, 3.05) is 34.0 Å². The third-order valence-corrected chi connectivity index (χ3v) is 5.82. The lowest BCUT2D eigenvalue weighted by Gasteiger charge is -2.25. The van der Waals surface area contributed by atoms with Crippen LogP contribution in [0.1, 0.15) is 23.6 Å². The van der Waals surface area contributed by atoms with Crippen molar-refractivity contribution in [3.8, 4) is 23.0 Å². The molecule has 1 atom stereocenters. The summed E-state index contributed by atoms with van der Waals surface area (Å²) >= 11 is 0. The number of nitrogens with zero attached hydrogens (tertiary/aromatic N) is 1. The zero-order valence-corrected chi connectivity index (χ0v) is 19.4. The maximum absolute atomic E-state index is 11.1. The van der Waals surface area contributed by atoms with Crippen LogP contribution in [0.15, 0.2) is 66.7 Å². The van der Waals surface area contributed by atoms with Gasteiger partial charge in [-0.1, -0.05) is 24.3 Å². The molecule has 6 heteroatoms. The Hall–Kier alpha value is -3.22. The number of fused-ring (bicyclic) bond motifs is 1. The molecule has 0 saturated carbocycles. The van der Waals surface area contributed by atoms with E-state index in [0.717, 1.165) is 52.8 Å². The van der Waals surface area contributed by atoms with Gasteiger partial charge in [0.05, 0.1) is 14.2 Å². The lowest BCUT2D eigenvalue weighted by molar-refractivity contribution is 0.00748. The third-order valence-electron chi connectivity index (χ3n) is 5.82. The van der Waals surface area contributed by atoms with Crippen molar-refractivity contribution in [3.05, 3.63) is 83.4 Å². The Kier molecular flexibility index (Phi) is 7.06. The van der Waals surface area contributed by atoms with Gasteiger partial charge in [-0.2, -0.15) is 0 Å². The van der Waals surface area contributed by atoms with Crippen molar-refractivity contribution >= 4 is 0 Å². The lowest BCUT2D eigenvalue weighted by atomic mass is 9.94. The maximum Gasteiger partial charge on any atom is 0.123 e. The zero-order valence-electron chi connectivity index (χ0n) is 19.4. The van der Waals surface area contributed by atoms with Crippen molar-refractivity contribution in [1.82, 2.24) is 4.90 Å². The molecule has 1 N–H and O–H groups in total. The second-order valence-corrected chi connectivity index (χ2v) is 8.48. The van der Waals surface area contributed by atoms with Crippen LogP contribution in [0.3, 0.4) is 0 Å². The van der Waals surface area contributed by atoms with Crippen LogP contribution >= 0.6 is 0 Å². The molecule has 0 fully saturated rings. The van der Waals surface area contributed by atoms with Gasteiger partial charge in [0, 0.05) is 31.3 Å². The van der Waals surface area contributed by atoms with Crippen LogP contribution in [0.5, 0.6) is 23.0 Å². The van der Waals surface area contributed by atoms with E-state index < -0.39 is 5.60 Å². The number of rotatable bonds is 8. The van der Waals surface area contributed by atoms with Crippen LogP contribution in [0.2, 0.25) is 0 Å². The maximum atomic E-state index is 11.1. The van der Waals surface area contributed by atoms with E-state index in [4.69, 9.17) is 18.9 Å². The van der Waals surface area contributed by atoms with E-state index in [1.807, 2.05) is 66.7 Å². The highest BCUT2D eigenvalue weighted by Crippen LogP contribution is 2.31. The van der Waals surface area contributed by atoms with E-state index in [2.05, 4.69) is 4.90 Å². The number of benzene rings is 3. The molecule has 0 saturated heterocycles. The van der Waals surface area contributed by atoms with Gasteiger partial charge in [0.1, 0.15) is 41.8 Å². The molecule has 0 unspecified atom stereocenters. The first kappa shape index (κ1) is 23.0. The zero-order chi connectivity index (χ0) is 23.3. The van der Waals surface area contributed by atoms with Crippen LogP contribution in [0.4, 0.5) is 0 Å². The second kappa shape index (κ2) is 10.1. The number of methoxy groups -OCH3 is 2. The van der Waals surface area contributed by atoms with Gasteiger partial charge in [0.25, 0.3) is 0 Å². The summed E-state index contributed by atoms with van der Waals surface area (Å²) in [7, 11) is 3.31. The van der Waals surface area contributed by atoms with Crippen molar-refractivity contribution in [2.24, 2.45) is 0 Å². The van der Waals surface area contributed by atoms with E-state index in [1.54, 1.807) is 21.1 Å². The van der Waals surface area contributed by atoms with Gasteiger partial charge >= 0.3 is 0 Å². The molecule has 174 valence electrons. The monoisotopic (exact) mass is 449 g/mol. The van der Waals surface area contributed by atoms with Crippen molar-refractivity contribution < 1.29 is 24.1 Å². The molecule has 0 spiro atoms. The van der Waals surface area contributed by atoms with Crippen molar-refractivity contribution in [1.29, 1.82) is 0 Å². The summed E-state index contributed by atoms with van der Waals surface area (Å²) in [5.74, 6) is 3.13. The predicted molar refractivity (Wildman–Crippen MR) is 127 cm³/mol. The standard InChI is InChI=1S/C27H31NO5/c1-27(29,19-33-23-7-5-4-6-8-23)22-9-10-26-21(15-22)18-28(11-12-32-26)17-20-13-24(30-2)16-25(14-20)31-3/h4-10,13-16,29H,11-12,17-19H2,1-3H3/t27-/m1/s1. The summed E-state index contributed by atoms with van der Waals surface area (Å²) in [6.45, 7) is 4.75. The molecule has 0 aromatic heterocycles. The lowest BCUT2D eigenvalue weighted by Crippen LogP contribution is -2.30. The fourth-order valence-electron chi connectivity index (χ4n) is 3.96. The smallest absolute Gasteiger partial charge is 0.123 e. The molecular weight excluding hydrogens is 418 g/mol. The molecule has 33 heavy (non-hydrogen) atoms. The SMILES string of the molecule is COc1cc(CN2CCOc3ccc([C@](C)(O)COc4ccccc4)cc3C2)cc(OC)c1. The number of aliphatic hydroxyl groups is 1. The highest BCUT2D eigenvalue weighted by atomic mass is 16.5. The normalized spacial score (nSPS) is 15.5. The van der Waals surface area contributed by atoms with Gasteiger partial charge < -0.3 is 24.1 Å². The van der Waals surface area contributed by atoms with E-state index >= 15 is 0 Å². The Labute approximate surface area is 195 Å². The largest absolute Gasteiger partial charge is 0.497 e. The average Bonchev–Trinajstić information content (AvgIpc) is 3.04. The van der Waals surface area contributed by atoms with Gasteiger partial charge in [-0.05, 0) is 54.4 Å². The molecular formula is C27H31NO5. The van der Waals surface area contributed by atoms with Gasteiger partial charge in [-0.25, -0.2) is 0 Å². The predicted octanol–water partition coefficient (Wildman–Crippen LogP) is 4.38. The first-order valence-electron chi connectivity index (χ1n) is 11.1. The Morgan fingerprint density at radius 1 is 0.939 bits per heavy atom. The van der Waals surface area contributed by atoms with Crippen LogP contribution in [-0.4, -0.2) is 44.0 Å². The van der Waals surface area contributed by atoms with Crippen molar-refractivity contribution in [3.63, 3.8) is 0 Å². The summed E-state index contributed by atoms with van der Waals surface area (Å²) in [5.41, 5.74) is 1.81. The quantitative estimate of drug-likeness (QED) is 0.551. The number of hydrogen-bond acceptors (Lipinski definition) is 6. The van der Waals surface area contributed by atoms with Gasteiger partial charge in [0.15, 0.2) is 0 Å². The summed E-state index contributed by atoms with van der Waals surface area (Å²) < 4.78 is 22.6. The minimum absolute atomic E-state index is 0.157. The molecule has 4 rings (SSSR count). The Balaban J connectivity index is 1.50. The topological polar surface area (TPSA) is 60.4 Å². The van der Waals surface area contributed by atoms with Gasteiger partial charge in [0.2, 0.25) is 0 Å². The molecule has 1 aliphatic rings. The minimum atomic E-state index is -1.14. The Bertz CT molecular complexity index is 1050. The highest BCUT2D eigenvalue weighted by Gasteiger charge is 2.26. The van der Waals surface area contributed by atoms with Crippen LogP contribution in [-0.2, 0) is 18.7 Å². The first-order chi connectivity index (χ1) is 16.0. The molecule has 0 radical (unpaired) electrons. The Morgan fingerprint density at radius 2 is 1.67 bits per heavy atom. The molecule has 1 aliphatic heterocycles. The van der Waals surface area contributed by atoms with E-state index in [9.17, 15) is 5.11 Å². The van der Waals surface area contributed by atoms with Gasteiger partial charge in [-0.15, -0.1) is 0 Å². The van der Waals surface area contributed by atoms with E-state index in [-0.39, 0.29) is 6.61 Å². The van der Waals surface area contributed by atoms with Gasteiger partial charge in [-0.3, -0.25) is 4.90 Å². The molecule has 0 bridgehead atoms. The number of para-hydroxylation sites is 1. The summed E-state index contributed by atoms with van der Waals surface area (Å²) in [6.07, 6.45) is 0. The number of hydrogen-bond donors (Lipinski definition) is 1.